The quantitative estimate of drug-likeness (QED) is 0.324. The average Bonchev–Trinajstić information content (AvgIpc) is 2.44. The molecule has 0 heterocycles. The predicted octanol–water partition coefficient (Wildman–Crippen LogP) is 2.87. The average molecular weight is 377 g/mol. The lowest BCUT2D eigenvalue weighted by molar-refractivity contribution is -0.384. The van der Waals surface area contributed by atoms with Gasteiger partial charge < -0.3 is 10.5 Å². The van der Waals surface area contributed by atoms with Crippen LogP contribution < -0.4 is 5.73 Å². The first kappa shape index (κ1) is 17.9. The lowest BCUT2D eigenvalue weighted by atomic mass is 10.2. The first-order chi connectivity index (χ1) is 9.95. The summed E-state index contributed by atoms with van der Waals surface area (Å²) in [5, 5.41) is 10.6. The van der Waals surface area contributed by atoms with Crippen LogP contribution in [-0.4, -0.2) is 29.3 Å². The molecule has 0 bridgehead atoms. The molecule has 1 aromatic carbocycles. The summed E-state index contributed by atoms with van der Waals surface area (Å²) in [6, 6.07) is 4.09. The summed E-state index contributed by atoms with van der Waals surface area (Å²) in [5.74, 6) is 1.02. The maximum absolute atomic E-state index is 11.3. The third kappa shape index (κ3) is 6.03. The maximum atomic E-state index is 11.3. The van der Waals surface area contributed by atoms with Crippen LogP contribution in [0.4, 0.5) is 5.69 Å². The van der Waals surface area contributed by atoms with Gasteiger partial charge in [-0.2, -0.15) is 11.8 Å². The number of halogens is 1. The molecular formula is C13H17BrN2O4S. The first-order valence-corrected chi connectivity index (χ1v) is 8.33. The monoisotopic (exact) mass is 376 g/mol. The zero-order chi connectivity index (χ0) is 15.8. The number of carbonyl (C=O) groups is 1. The number of thioether (sulfide) groups is 1. The molecule has 0 saturated heterocycles. The van der Waals surface area contributed by atoms with Crippen molar-refractivity contribution in [3.63, 3.8) is 0 Å². The summed E-state index contributed by atoms with van der Waals surface area (Å²) in [6.45, 7) is 2.07. The number of carbonyl (C=O) groups excluding carboxylic acids is 1. The van der Waals surface area contributed by atoms with E-state index in [1.807, 2.05) is 0 Å². The van der Waals surface area contributed by atoms with Crippen molar-refractivity contribution in [2.24, 2.45) is 5.73 Å². The number of hydrogen-bond donors (Lipinski definition) is 1. The molecule has 0 aliphatic heterocycles. The second-order valence-electron chi connectivity index (χ2n) is 4.23. The van der Waals surface area contributed by atoms with E-state index in [0.29, 0.717) is 29.0 Å². The molecule has 0 aromatic heterocycles. The summed E-state index contributed by atoms with van der Waals surface area (Å²) in [4.78, 5) is 21.5. The zero-order valence-corrected chi connectivity index (χ0v) is 14.0. The van der Waals surface area contributed by atoms with E-state index in [1.54, 1.807) is 24.8 Å². The number of nitrogens with two attached hydrogens (primary N) is 1. The van der Waals surface area contributed by atoms with E-state index in [0.717, 1.165) is 5.56 Å². The number of non-ortho nitro benzene ring substituents is 1. The second kappa shape index (κ2) is 9.01. The van der Waals surface area contributed by atoms with Gasteiger partial charge in [-0.15, -0.1) is 0 Å². The molecule has 0 amide bonds. The Morgan fingerprint density at radius 2 is 2.29 bits per heavy atom. The van der Waals surface area contributed by atoms with Crippen molar-refractivity contribution in [3.8, 4) is 0 Å². The molecule has 1 aromatic rings. The molecule has 1 rings (SSSR count). The van der Waals surface area contributed by atoms with Crippen LogP contribution in [0.25, 0.3) is 0 Å². The zero-order valence-electron chi connectivity index (χ0n) is 11.6. The van der Waals surface area contributed by atoms with Gasteiger partial charge in [-0.1, -0.05) is 22.0 Å². The lowest BCUT2D eigenvalue weighted by Gasteiger charge is -2.10. The fraction of sp³-hybridized carbons (Fsp3) is 0.462. The maximum Gasteiger partial charge on any atom is 0.322 e. The highest BCUT2D eigenvalue weighted by Gasteiger charge is 2.14. The molecule has 0 saturated carbocycles. The van der Waals surface area contributed by atoms with Crippen molar-refractivity contribution in [1.82, 2.24) is 0 Å². The molecule has 21 heavy (non-hydrogen) atoms. The van der Waals surface area contributed by atoms with Gasteiger partial charge in [-0.05, 0) is 24.7 Å². The van der Waals surface area contributed by atoms with Gasteiger partial charge in [-0.3, -0.25) is 14.9 Å². The van der Waals surface area contributed by atoms with Crippen LogP contribution in [0, 0.1) is 10.1 Å². The van der Waals surface area contributed by atoms with Crippen molar-refractivity contribution < 1.29 is 14.5 Å². The number of ether oxygens (including phenoxy) is 1. The molecule has 1 unspecified atom stereocenters. The minimum Gasteiger partial charge on any atom is -0.465 e. The molecule has 116 valence electrons. The van der Waals surface area contributed by atoms with Crippen molar-refractivity contribution in [2.45, 2.75) is 25.1 Å². The van der Waals surface area contributed by atoms with Gasteiger partial charge in [0.25, 0.3) is 5.69 Å². The van der Waals surface area contributed by atoms with Gasteiger partial charge in [0.05, 0.1) is 11.5 Å². The number of hydrogen-bond acceptors (Lipinski definition) is 6. The van der Waals surface area contributed by atoms with Crippen LogP contribution >= 0.6 is 27.7 Å². The summed E-state index contributed by atoms with van der Waals surface area (Å²) in [5.41, 5.74) is 6.72. The van der Waals surface area contributed by atoms with E-state index in [4.69, 9.17) is 10.5 Å². The van der Waals surface area contributed by atoms with E-state index in [2.05, 4.69) is 15.9 Å². The number of benzene rings is 1. The Hall–Kier alpha value is -1.12. The van der Waals surface area contributed by atoms with Crippen LogP contribution in [0.15, 0.2) is 22.7 Å². The molecule has 2 N–H and O–H groups in total. The topological polar surface area (TPSA) is 95.5 Å². The highest BCUT2D eigenvalue weighted by atomic mass is 79.9. The SMILES string of the molecule is CCOC(=O)C(N)CCSCc1ccc([N+](=O)[O-])cc1Br. The molecule has 1 atom stereocenters. The molecule has 0 fully saturated rings. The summed E-state index contributed by atoms with van der Waals surface area (Å²) < 4.78 is 5.54. The van der Waals surface area contributed by atoms with Gasteiger partial charge in [0.2, 0.25) is 0 Å². The molecule has 8 heteroatoms. The van der Waals surface area contributed by atoms with Gasteiger partial charge in [-0.25, -0.2) is 0 Å². The molecule has 0 aliphatic rings. The summed E-state index contributed by atoms with van der Waals surface area (Å²) in [7, 11) is 0. The predicted molar refractivity (Wildman–Crippen MR) is 86.2 cm³/mol. The van der Waals surface area contributed by atoms with Gasteiger partial charge in [0.15, 0.2) is 0 Å². The Kier molecular flexibility index (Phi) is 7.69. The highest BCUT2D eigenvalue weighted by Crippen LogP contribution is 2.26. The van der Waals surface area contributed by atoms with Crippen LogP contribution in [0.2, 0.25) is 0 Å². The molecule has 0 radical (unpaired) electrons. The van der Waals surface area contributed by atoms with E-state index >= 15 is 0 Å². The van der Waals surface area contributed by atoms with Gasteiger partial charge >= 0.3 is 5.97 Å². The Bertz CT molecular complexity index is 513. The molecule has 0 aliphatic carbocycles. The van der Waals surface area contributed by atoms with Crippen molar-refractivity contribution in [3.05, 3.63) is 38.3 Å². The Morgan fingerprint density at radius 3 is 2.86 bits per heavy atom. The van der Waals surface area contributed by atoms with Gasteiger partial charge in [0, 0.05) is 22.4 Å². The second-order valence-corrected chi connectivity index (χ2v) is 6.19. The van der Waals surface area contributed by atoms with Crippen LogP contribution in [-0.2, 0) is 15.3 Å². The standard InChI is InChI=1S/C13H17BrN2O4S/c1-2-20-13(17)12(15)5-6-21-8-9-3-4-10(16(18)19)7-11(9)14/h3-4,7,12H,2,5-6,8,15H2,1H3. The largest absolute Gasteiger partial charge is 0.465 e. The number of nitro benzene ring substituents is 1. The fourth-order valence-corrected chi connectivity index (χ4v) is 3.26. The van der Waals surface area contributed by atoms with E-state index < -0.39 is 11.0 Å². The lowest BCUT2D eigenvalue weighted by Crippen LogP contribution is -2.32. The Balaban J connectivity index is 2.39. The number of rotatable bonds is 8. The minimum atomic E-state index is -0.599. The third-order valence-electron chi connectivity index (χ3n) is 2.67. The van der Waals surface area contributed by atoms with Gasteiger partial charge in [0.1, 0.15) is 6.04 Å². The van der Waals surface area contributed by atoms with Crippen LogP contribution in [0.1, 0.15) is 18.9 Å². The Morgan fingerprint density at radius 1 is 1.57 bits per heavy atom. The molecule has 0 spiro atoms. The normalized spacial score (nSPS) is 12.0. The van der Waals surface area contributed by atoms with Crippen molar-refractivity contribution in [2.75, 3.05) is 12.4 Å². The highest BCUT2D eigenvalue weighted by molar-refractivity contribution is 9.10. The third-order valence-corrected chi connectivity index (χ3v) is 4.45. The van der Waals surface area contributed by atoms with Crippen molar-refractivity contribution in [1.29, 1.82) is 0 Å². The summed E-state index contributed by atoms with van der Waals surface area (Å²) >= 11 is 4.93. The molecule has 6 nitrogen and oxygen atoms in total. The number of esters is 1. The fourth-order valence-electron chi connectivity index (χ4n) is 1.53. The summed E-state index contributed by atoms with van der Waals surface area (Å²) in [6.07, 6.45) is 0.536. The molecular weight excluding hydrogens is 360 g/mol. The van der Waals surface area contributed by atoms with E-state index in [1.165, 1.54) is 12.1 Å². The smallest absolute Gasteiger partial charge is 0.322 e. The van der Waals surface area contributed by atoms with Crippen LogP contribution in [0.5, 0.6) is 0 Å². The van der Waals surface area contributed by atoms with Crippen molar-refractivity contribution >= 4 is 39.3 Å². The van der Waals surface area contributed by atoms with E-state index in [9.17, 15) is 14.9 Å². The van der Waals surface area contributed by atoms with Crippen LogP contribution in [0.3, 0.4) is 0 Å². The number of nitro groups is 1. The van der Waals surface area contributed by atoms with E-state index in [-0.39, 0.29) is 11.7 Å². The first-order valence-electron chi connectivity index (χ1n) is 6.38. The Labute approximate surface area is 135 Å². The minimum absolute atomic E-state index is 0.0555. The number of nitrogens with zero attached hydrogens (tertiary/aromatic N) is 1.